The summed E-state index contributed by atoms with van der Waals surface area (Å²) < 4.78 is 6.09. The number of piperazine rings is 1. The molecule has 1 saturated heterocycles. The molecule has 2 aliphatic heterocycles. The van der Waals surface area contributed by atoms with Gasteiger partial charge in [-0.3, -0.25) is 14.9 Å². The van der Waals surface area contributed by atoms with Crippen LogP contribution in [-0.4, -0.2) is 59.8 Å². The molecule has 2 aromatic carbocycles. The summed E-state index contributed by atoms with van der Waals surface area (Å²) in [5.74, 6) is 2.27. The number of halogens is 1. The van der Waals surface area contributed by atoms with Crippen molar-refractivity contribution in [3.8, 4) is 11.5 Å². The Morgan fingerprint density at radius 1 is 1.13 bits per heavy atom. The Bertz CT molecular complexity index is 1320. The van der Waals surface area contributed by atoms with Crippen LogP contribution in [0.5, 0.6) is 11.5 Å². The number of fused-ring (bicyclic) bond motifs is 1. The van der Waals surface area contributed by atoms with Gasteiger partial charge in [0.1, 0.15) is 29.2 Å². The molecule has 5 rings (SSSR count). The molecule has 10 heteroatoms. The average molecular weight is 549 g/mol. The van der Waals surface area contributed by atoms with Crippen molar-refractivity contribution in [1.29, 1.82) is 0 Å². The van der Waals surface area contributed by atoms with Gasteiger partial charge in [0, 0.05) is 44.1 Å². The summed E-state index contributed by atoms with van der Waals surface area (Å²) in [7, 11) is 0. The number of hydrogen-bond donors (Lipinski definition) is 3. The second kappa shape index (κ2) is 13.5. The molecule has 1 unspecified atom stereocenters. The number of nitrogens with zero attached hydrogens (tertiary/aromatic N) is 5. The van der Waals surface area contributed by atoms with Gasteiger partial charge < -0.3 is 20.7 Å². The summed E-state index contributed by atoms with van der Waals surface area (Å²) in [5, 5.41) is 10.7. The van der Waals surface area contributed by atoms with Crippen molar-refractivity contribution in [1.82, 2.24) is 20.2 Å². The summed E-state index contributed by atoms with van der Waals surface area (Å²) in [4.78, 5) is 20.3. The number of benzene rings is 2. The van der Waals surface area contributed by atoms with Crippen LogP contribution in [-0.2, 0) is 0 Å². The van der Waals surface area contributed by atoms with Crippen molar-refractivity contribution >= 4 is 46.9 Å². The van der Waals surface area contributed by atoms with Gasteiger partial charge in [-0.25, -0.2) is 9.97 Å². The molecular formula is C29H37ClN8O. The van der Waals surface area contributed by atoms with Crippen LogP contribution in [0.15, 0.2) is 52.7 Å². The highest BCUT2D eigenvalue weighted by Crippen LogP contribution is 2.36. The first-order chi connectivity index (χ1) is 19.0. The predicted molar refractivity (Wildman–Crippen MR) is 162 cm³/mol. The highest BCUT2D eigenvalue weighted by molar-refractivity contribution is 6.32. The van der Waals surface area contributed by atoms with Gasteiger partial charge in [0.25, 0.3) is 0 Å². The van der Waals surface area contributed by atoms with E-state index < -0.39 is 0 Å². The Kier molecular flexibility index (Phi) is 9.86. The van der Waals surface area contributed by atoms with Gasteiger partial charge in [-0.1, -0.05) is 45.4 Å². The predicted octanol–water partition coefficient (Wildman–Crippen LogP) is 6.39. The van der Waals surface area contributed by atoms with E-state index in [-0.39, 0.29) is 6.29 Å². The number of nitrogens with one attached hydrogen (secondary N) is 3. The maximum atomic E-state index is 6.61. The Morgan fingerprint density at radius 3 is 2.67 bits per heavy atom. The molecular weight excluding hydrogens is 512 g/mol. The van der Waals surface area contributed by atoms with E-state index in [1.807, 2.05) is 63.4 Å². The molecule has 0 aliphatic carbocycles. The molecule has 1 atom stereocenters. The maximum Gasteiger partial charge on any atom is 0.176 e. The zero-order valence-electron chi connectivity index (χ0n) is 23.2. The number of aryl methyl sites for hydroxylation is 1. The molecule has 9 nitrogen and oxygen atoms in total. The first kappa shape index (κ1) is 28.5. The van der Waals surface area contributed by atoms with Crippen LogP contribution < -0.4 is 20.7 Å². The molecule has 0 saturated carbocycles. The SMILES string of the molecule is CC.Cc1ccc(Oc2ccc(Nc3ncnc4c3NC(N3CCNCC3)N=C4)cc2Cl)cc1N=CC(C)C. The Morgan fingerprint density at radius 2 is 1.92 bits per heavy atom. The lowest BCUT2D eigenvalue weighted by Gasteiger charge is -2.35. The number of aliphatic imine (C=N–C) groups is 2. The lowest BCUT2D eigenvalue weighted by atomic mass is 10.2. The largest absolute Gasteiger partial charge is 0.456 e. The van der Waals surface area contributed by atoms with E-state index >= 15 is 0 Å². The number of hydrogen-bond acceptors (Lipinski definition) is 9. The molecule has 1 fully saturated rings. The second-order valence-corrected chi connectivity index (χ2v) is 9.81. The lowest BCUT2D eigenvalue weighted by molar-refractivity contribution is 0.194. The van der Waals surface area contributed by atoms with Crippen LogP contribution >= 0.6 is 11.6 Å². The molecule has 2 aliphatic rings. The minimum Gasteiger partial charge on any atom is -0.456 e. The van der Waals surface area contributed by atoms with Crippen LogP contribution in [0.1, 0.15) is 39.0 Å². The molecule has 206 valence electrons. The van der Waals surface area contributed by atoms with Crippen LogP contribution in [0.2, 0.25) is 5.02 Å². The van der Waals surface area contributed by atoms with Crippen LogP contribution in [0, 0.1) is 12.8 Å². The quantitative estimate of drug-likeness (QED) is 0.294. The molecule has 3 N–H and O–H groups in total. The van der Waals surface area contributed by atoms with E-state index in [1.165, 1.54) is 6.33 Å². The van der Waals surface area contributed by atoms with E-state index in [0.717, 1.165) is 54.5 Å². The van der Waals surface area contributed by atoms with Crippen molar-refractivity contribution < 1.29 is 4.74 Å². The third-order valence-corrected chi connectivity index (χ3v) is 6.40. The molecule has 0 spiro atoms. The average Bonchev–Trinajstić information content (AvgIpc) is 2.96. The third-order valence-electron chi connectivity index (χ3n) is 6.10. The summed E-state index contributed by atoms with van der Waals surface area (Å²) in [6.45, 7) is 14.0. The van der Waals surface area contributed by atoms with Gasteiger partial charge >= 0.3 is 0 Å². The molecule has 0 bridgehead atoms. The van der Waals surface area contributed by atoms with Gasteiger partial charge in [-0.05, 0) is 42.7 Å². The Hall–Kier alpha value is -3.53. The minimum absolute atomic E-state index is 0.148. The van der Waals surface area contributed by atoms with Crippen molar-refractivity contribution in [2.75, 3.05) is 36.8 Å². The minimum atomic E-state index is -0.148. The molecule has 0 amide bonds. The van der Waals surface area contributed by atoms with Crippen LogP contribution in [0.25, 0.3) is 0 Å². The smallest absolute Gasteiger partial charge is 0.176 e. The fraction of sp³-hybridized carbons (Fsp3) is 0.379. The third kappa shape index (κ3) is 7.32. The fourth-order valence-electron chi connectivity index (χ4n) is 4.10. The van der Waals surface area contributed by atoms with Crippen molar-refractivity contribution in [3.63, 3.8) is 0 Å². The normalized spacial score (nSPS) is 16.8. The monoisotopic (exact) mass is 548 g/mol. The maximum absolute atomic E-state index is 6.61. The molecule has 39 heavy (non-hydrogen) atoms. The van der Waals surface area contributed by atoms with E-state index in [0.29, 0.717) is 28.3 Å². The van der Waals surface area contributed by atoms with Crippen molar-refractivity contribution in [2.24, 2.45) is 15.9 Å². The fourth-order valence-corrected chi connectivity index (χ4v) is 4.32. The Balaban J connectivity index is 0.00000172. The molecule has 0 radical (unpaired) electrons. The van der Waals surface area contributed by atoms with Gasteiger partial charge in [0.2, 0.25) is 0 Å². The van der Waals surface area contributed by atoms with E-state index in [9.17, 15) is 0 Å². The highest BCUT2D eigenvalue weighted by atomic mass is 35.5. The van der Waals surface area contributed by atoms with Gasteiger partial charge in [-0.2, -0.15) is 0 Å². The number of anilines is 3. The van der Waals surface area contributed by atoms with E-state index in [4.69, 9.17) is 16.3 Å². The van der Waals surface area contributed by atoms with Crippen LogP contribution in [0.4, 0.5) is 22.9 Å². The number of rotatable bonds is 7. The second-order valence-electron chi connectivity index (χ2n) is 9.41. The Labute approximate surface area is 235 Å². The summed E-state index contributed by atoms with van der Waals surface area (Å²) in [5.41, 5.74) is 4.30. The van der Waals surface area contributed by atoms with E-state index in [2.05, 4.69) is 54.7 Å². The summed E-state index contributed by atoms with van der Waals surface area (Å²) in [6.07, 6.45) is 5.11. The van der Waals surface area contributed by atoms with Crippen molar-refractivity contribution in [3.05, 3.63) is 59.0 Å². The zero-order valence-corrected chi connectivity index (χ0v) is 24.0. The molecule has 1 aromatic heterocycles. The molecule has 3 heterocycles. The lowest BCUT2D eigenvalue weighted by Crippen LogP contribution is -2.51. The van der Waals surface area contributed by atoms with Gasteiger partial charge in [-0.15, -0.1) is 0 Å². The standard InChI is InChI=1S/C27H31ClN8O.C2H6/c1-17(2)14-30-22-13-20(6-4-18(22)3)37-24-7-5-19(12-21(24)28)34-26-25-23(32-16-33-26)15-31-27(35-25)36-10-8-29-9-11-36;1-2/h4-7,12-17,27,29,35H,8-11H2,1-3H3,(H,32,33,34);1-2H3. The molecule has 3 aromatic rings. The van der Waals surface area contributed by atoms with Crippen LogP contribution in [0.3, 0.4) is 0 Å². The number of aromatic nitrogens is 2. The summed E-state index contributed by atoms with van der Waals surface area (Å²) in [6, 6.07) is 11.4. The van der Waals surface area contributed by atoms with Crippen molar-refractivity contribution in [2.45, 2.75) is 40.9 Å². The summed E-state index contributed by atoms with van der Waals surface area (Å²) >= 11 is 6.61. The van der Waals surface area contributed by atoms with Gasteiger partial charge in [0.05, 0.1) is 16.9 Å². The van der Waals surface area contributed by atoms with Gasteiger partial charge in [0.15, 0.2) is 12.1 Å². The van der Waals surface area contributed by atoms with E-state index in [1.54, 1.807) is 6.21 Å². The zero-order chi connectivity index (χ0) is 27.8. The highest BCUT2D eigenvalue weighted by Gasteiger charge is 2.25. The first-order valence-electron chi connectivity index (χ1n) is 13.4. The topological polar surface area (TPSA) is 99.1 Å². The first-order valence-corrected chi connectivity index (χ1v) is 13.8. The number of ether oxygens (including phenoxy) is 1.